The summed E-state index contributed by atoms with van der Waals surface area (Å²) in [5.41, 5.74) is 0.876. The first-order valence-corrected chi connectivity index (χ1v) is 7.76. The Balaban J connectivity index is 2.65. The molecule has 1 aromatic rings. The molecular weight excluding hydrogens is 317 g/mol. The Hall–Kier alpha value is -0.100. The zero-order chi connectivity index (χ0) is 13.9. The van der Waals surface area contributed by atoms with Crippen LogP contribution in [0.4, 0.5) is 4.39 Å². The molecule has 1 rings (SSSR count). The van der Waals surface area contributed by atoms with E-state index in [0.717, 1.165) is 10.0 Å². The van der Waals surface area contributed by atoms with Crippen LogP contribution in [0.1, 0.15) is 33.3 Å². The van der Waals surface area contributed by atoms with Crippen molar-refractivity contribution in [1.82, 2.24) is 4.72 Å². The highest BCUT2D eigenvalue weighted by molar-refractivity contribution is 9.10. The molecule has 0 fully saturated rings. The molecule has 0 saturated heterocycles. The SMILES string of the molecule is C[C@H](Cc1cc(F)ccc1Br)N[S+]([O-])C(C)(C)C. The van der Waals surface area contributed by atoms with Gasteiger partial charge in [-0.05, 0) is 57.9 Å². The molecule has 0 heterocycles. The summed E-state index contributed by atoms with van der Waals surface area (Å²) in [5, 5.41) is 0. The lowest BCUT2D eigenvalue weighted by Gasteiger charge is -2.26. The summed E-state index contributed by atoms with van der Waals surface area (Å²) in [7, 11) is 0. The molecular formula is C13H19BrFNOS. The second-order valence-corrected chi connectivity index (χ2v) is 8.19. The predicted octanol–water partition coefficient (Wildman–Crippen LogP) is 3.57. The highest BCUT2D eigenvalue weighted by Crippen LogP contribution is 2.20. The lowest BCUT2D eigenvalue weighted by Crippen LogP contribution is -2.44. The van der Waals surface area contributed by atoms with E-state index in [1.165, 1.54) is 12.1 Å². The van der Waals surface area contributed by atoms with Gasteiger partial charge in [-0.3, -0.25) is 0 Å². The molecule has 1 aromatic carbocycles. The van der Waals surface area contributed by atoms with Crippen molar-refractivity contribution < 1.29 is 8.94 Å². The fourth-order valence-corrected chi connectivity index (χ4v) is 2.64. The maximum atomic E-state index is 13.1. The lowest BCUT2D eigenvalue weighted by molar-refractivity contribution is 0.525. The van der Waals surface area contributed by atoms with Gasteiger partial charge in [0.05, 0.1) is 6.04 Å². The largest absolute Gasteiger partial charge is 0.598 e. The minimum absolute atomic E-state index is 0.0168. The molecule has 18 heavy (non-hydrogen) atoms. The van der Waals surface area contributed by atoms with Crippen molar-refractivity contribution in [3.05, 3.63) is 34.1 Å². The van der Waals surface area contributed by atoms with Crippen LogP contribution >= 0.6 is 15.9 Å². The lowest BCUT2D eigenvalue weighted by atomic mass is 10.1. The summed E-state index contributed by atoms with van der Waals surface area (Å²) in [5.74, 6) is -0.252. The highest BCUT2D eigenvalue weighted by atomic mass is 79.9. The molecule has 102 valence electrons. The highest BCUT2D eigenvalue weighted by Gasteiger charge is 2.28. The smallest absolute Gasteiger partial charge is 0.136 e. The number of hydrogen-bond donors (Lipinski definition) is 1. The van der Waals surface area contributed by atoms with Crippen molar-refractivity contribution in [3.8, 4) is 0 Å². The molecule has 2 atom stereocenters. The van der Waals surface area contributed by atoms with Crippen LogP contribution in [0, 0.1) is 5.82 Å². The van der Waals surface area contributed by atoms with E-state index in [1.807, 2.05) is 27.7 Å². The van der Waals surface area contributed by atoms with E-state index in [4.69, 9.17) is 0 Å². The normalized spacial score (nSPS) is 15.5. The molecule has 0 amide bonds. The van der Waals surface area contributed by atoms with Gasteiger partial charge in [0.25, 0.3) is 0 Å². The van der Waals surface area contributed by atoms with Gasteiger partial charge < -0.3 is 4.55 Å². The number of rotatable bonds is 4. The molecule has 0 radical (unpaired) electrons. The van der Waals surface area contributed by atoms with Crippen LogP contribution in [-0.4, -0.2) is 15.3 Å². The second-order valence-electron chi connectivity index (χ2n) is 5.34. The maximum absolute atomic E-state index is 13.1. The molecule has 1 unspecified atom stereocenters. The van der Waals surface area contributed by atoms with Crippen molar-refractivity contribution in [2.24, 2.45) is 0 Å². The molecule has 0 aromatic heterocycles. The average molecular weight is 336 g/mol. The molecule has 0 bridgehead atoms. The van der Waals surface area contributed by atoms with Crippen molar-refractivity contribution in [2.75, 3.05) is 0 Å². The van der Waals surface area contributed by atoms with Crippen LogP contribution in [0.2, 0.25) is 0 Å². The minimum Gasteiger partial charge on any atom is -0.598 e. The summed E-state index contributed by atoms with van der Waals surface area (Å²) >= 11 is 2.28. The number of hydrogen-bond acceptors (Lipinski definition) is 2. The van der Waals surface area contributed by atoms with Gasteiger partial charge in [0.2, 0.25) is 0 Å². The van der Waals surface area contributed by atoms with Gasteiger partial charge in [-0.1, -0.05) is 15.9 Å². The molecule has 0 spiro atoms. The van der Waals surface area contributed by atoms with E-state index in [-0.39, 0.29) is 16.6 Å². The Morgan fingerprint density at radius 3 is 2.61 bits per heavy atom. The summed E-state index contributed by atoms with van der Waals surface area (Å²) in [6.45, 7) is 7.70. The van der Waals surface area contributed by atoms with E-state index < -0.39 is 11.4 Å². The minimum atomic E-state index is -1.11. The van der Waals surface area contributed by atoms with E-state index in [1.54, 1.807) is 6.07 Å². The molecule has 0 aliphatic rings. The zero-order valence-electron chi connectivity index (χ0n) is 11.1. The molecule has 0 aliphatic heterocycles. The monoisotopic (exact) mass is 335 g/mol. The molecule has 0 saturated carbocycles. The molecule has 1 N–H and O–H groups in total. The van der Waals surface area contributed by atoms with E-state index in [2.05, 4.69) is 20.7 Å². The average Bonchev–Trinajstić information content (AvgIpc) is 2.22. The van der Waals surface area contributed by atoms with Crippen LogP contribution in [0.15, 0.2) is 22.7 Å². The first kappa shape index (κ1) is 16.0. The first-order valence-electron chi connectivity index (χ1n) is 5.82. The van der Waals surface area contributed by atoms with E-state index >= 15 is 0 Å². The van der Waals surface area contributed by atoms with Crippen LogP contribution in [0.5, 0.6) is 0 Å². The Morgan fingerprint density at radius 1 is 1.44 bits per heavy atom. The van der Waals surface area contributed by atoms with Gasteiger partial charge in [0.15, 0.2) is 0 Å². The quantitative estimate of drug-likeness (QED) is 0.853. The van der Waals surface area contributed by atoms with Crippen molar-refractivity contribution >= 4 is 27.3 Å². The molecule has 5 heteroatoms. The van der Waals surface area contributed by atoms with Crippen LogP contribution in [0.25, 0.3) is 0 Å². The number of halogens is 2. The summed E-state index contributed by atoms with van der Waals surface area (Å²) < 4.78 is 28.7. The fraction of sp³-hybridized carbons (Fsp3) is 0.538. The Labute approximate surface area is 120 Å². The Bertz CT molecular complexity index is 408. The second kappa shape index (κ2) is 6.37. The summed E-state index contributed by atoms with van der Waals surface area (Å²) in [6.07, 6.45) is 0.625. The third kappa shape index (κ3) is 4.88. The van der Waals surface area contributed by atoms with Gasteiger partial charge in [-0.2, -0.15) is 0 Å². The zero-order valence-corrected chi connectivity index (χ0v) is 13.5. The summed E-state index contributed by atoms with van der Waals surface area (Å²) in [6, 6.07) is 4.63. The topological polar surface area (TPSA) is 35.1 Å². The van der Waals surface area contributed by atoms with Crippen molar-refractivity contribution in [3.63, 3.8) is 0 Å². The van der Waals surface area contributed by atoms with Gasteiger partial charge in [-0.25, -0.2) is 4.39 Å². The Morgan fingerprint density at radius 2 is 2.06 bits per heavy atom. The molecule has 2 nitrogen and oxygen atoms in total. The molecule has 0 aliphatic carbocycles. The predicted molar refractivity (Wildman–Crippen MR) is 78.3 cm³/mol. The van der Waals surface area contributed by atoms with Crippen LogP contribution in [0.3, 0.4) is 0 Å². The number of nitrogens with one attached hydrogen (secondary N) is 1. The Kier molecular flexibility index (Phi) is 5.65. The first-order chi connectivity index (χ1) is 8.20. The van der Waals surface area contributed by atoms with Gasteiger partial charge in [0.1, 0.15) is 10.6 Å². The van der Waals surface area contributed by atoms with Gasteiger partial charge >= 0.3 is 0 Å². The third-order valence-electron chi connectivity index (χ3n) is 2.40. The van der Waals surface area contributed by atoms with E-state index in [0.29, 0.717) is 6.42 Å². The van der Waals surface area contributed by atoms with Gasteiger partial charge in [0, 0.05) is 15.8 Å². The van der Waals surface area contributed by atoms with E-state index in [9.17, 15) is 8.94 Å². The number of benzene rings is 1. The summed E-state index contributed by atoms with van der Waals surface area (Å²) in [4.78, 5) is 0. The van der Waals surface area contributed by atoms with Crippen LogP contribution < -0.4 is 4.72 Å². The maximum Gasteiger partial charge on any atom is 0.136 e. The van der Waals surface area contributed by atoms with Crippen LogP contribution in [-0.2, 0) is 17.8 Å². The van der Waals surface area contributed by atoms with Crippen molar-refractivity contribution in [2.45, 2.75) is 44.9 Å². The third-order valence-corrected chi connectivity index (χ3v) is 4.90. The fourth-order valence-electron chi connectivity index (χ4n) is 1.43. The van der Waals surface area contributed by atoms with Crippen molar-refractivity contribution in [1.29, 1.82) is 0 Å². The standard InChI is InChI=1S/C13H19BrFNOS/c1-9(16-18(17)13(2,3)4)7-10-8-11(15)5-6-12(10)14/h5-6,8-9,16H,7H2,1-4H3/t9-,18?/m1/s1. The van der Waals surface area contributed by atoms with Gasteiger partial charge in [-0.15, -0.1) is 4.72 Å².